The molecule has 3 rings (SSSR count). The fourth-order valence-electron chi connectivity index (χ4n) is 3.00. The first kappa shape index (κ1) is 20.1. The second-order valence-corrected chi connectivity index (χ2v) is 6.22. The molecule has 1 saturated heterocycles. The number of carbonyl (C=O) groups excluding carboxylic acids is 1. The van der Waals surface area contributed by atoms with Crippen molar-refractivity contribution in [3.63, 3.8) is 0 Å². The van der Waals surface area contributed by atoms with E-state index in [4.69, 9.17) is 9.47 Å². The van der Waals surface area contributed by atoms with Crippen molar-refractivity contribution in [2.75, 3.05) is 25.5 Å². The maximum absolute atomic E-state index is 12.2. The van der Waals surface area contributed by atoms with Crippen LogP contribution in [-0.2, 0) is 4.79 Å². The first-order valence-corrected chi connectivity index (χ1v) is 8.66. The largest absolute Gasteiger partial charge is 0.493 e. The smallest absolute Gasteiger partial charge is 0.224 e. The fourth-order valence-corrected chi connectivity index (χ4v) is 3.00. The number of methoxy groups -OCH3 is 1. The van der Waals surface area contributed by atoms with Crippen LogP contribution in [0.5, 0.6) is 17.2 Å². The van der Waals surface area contributed by atoms with Gasteiger partial charge in [0, 0.05) is 12.1 Å². The number of halogens is 1. The maximum atomic E-state index is 12.2. The minimum atomic E-state index is 0. The van der Waals surface area contributed by atoms with Gasteiger partial charge in [0.2, 0.25) is 5.91 Å². The van der Waals surface area contributed by atoms with Crippen molar-refractivity contribution in [1.29, 1.82) is 0 Å². The molecule has 2 N–H and O–H groups in total. The molecule has 1 heterocycles. The zero-order chi connectivity index (χ0) is 17.5. The van der Waals surface area contributed by atoms with Gasteiger partial charge in [-0.3, -0.25) is 4.79 Å². The van der Waals surface area contributed by atoms with Gasteiger partial charge in [-0.25, -0.2) is 0 Å². The van der Waals surface area contributed by atoms with Crippen LogP contribution in [0, 0.1) is 5.92 Å². The quantitative estimate of drug-likeness (QED) is 0.791. The molecule has 0 radical (unpaired) electrons. The van der Waals surface area contributed by atoms with Crippen LogP contribution in [0.3, 0.4) is 0 Å². The number of benzene rings is 2. The molecule has 0 aromatic heterocycles. The van der Waals surface area contributed by atoms with Gasteiger partial charge in [0.15, 0.2) is 11.5 Å². The van der Waals surface area contributed by atoms with E-state index in [9.17, 15) is 4.79 Å². The number of piperidine rings is 1. The van der Waals surface area contributed by atoms with Crippen LogP contribution < -0.4 is 20.1 Å². The minimum Gasteiger partial charge on any atom is -0.493 e. The molecule has 0 saturated carbocycles. The SMILES string of the molecule is COc1ccccc1Oc1ccc(NC(=O)CC2CCNCC2)cc1.Cl. The standard InChI is InChI=1S/C20H24N2O3.ClH/c1-24-18-4-2-3-5-19(18)25-17-8-6-16(7-9-17)22-20(23)14-15-10-12-21-13-11-15;/h2-9,15,21H,10-14H2,1H3,(H,22,23);1H. The van der Waals surface area contributed by atoms with Crippen molar-refractivity contribution >= 4 is 24.0 Å². The first-order valence-electron chi connectivity index (χ1n) is 8.66. The lowest BCUT2D eigenvalue weighted by molar-refractivity contribution is -0.117. The summed E-state index contributed by atoms with van der Waals surface area (Å²) in [5.74, 6) is 2.59. The topological polar surface area (TPSA) is 59.6 Å². The summed E-state index contributed by atoms with van der Waals surface area (Å²) < 4.78 is 11.1. The van der Waals surface area contributed by atoms with E-state index in [1.807, 2.05) is 48.5 Å². The van der Waals surface area contributed by atoms with Crippen LogP contribution in [0.1, 0.15) is 19.3 Å². The van der Waals surface area contributed by atoms with Gasteiger partial charge in [0.1, 0.15) is 5.75 Å². The van der Waals surface area contributed by atoms with Gasteiger partial charge in [-0.15, -0.1) is 12.4 Å². The van der Waals surface area contributed by atoms with E-state index >= 15 is 0 Å². The minimum absolute atomic E-state index is 0. The second kappa shape index (κ2) is 10.0. The van der Waals surface area contributed by atoms with Gasteiger partial charge in [0.05, 0.1) is 7.11 Å². The Morgan fingerprint density at radius 3 is 2.38 bits per heavy atom. The Labute approximate surface area is 160 Å². The third-order valence-corrected chi connectivity index (χ3v) is 4.37. The Kier molecular flexibility index (Phi) is 7.75. The molecule has 0 spiro atoms. The third-order valence-electron chi connectivity index (χ3n) is 4.37. The van der Waals surface area contributed by atoms with E-state index in [2.05, 4.69) is 10.6 Å². The summed E-state index contributed by atoms with van der Waals surface area (Å²) in [6.07, 6.45) is 2.72. The average molecular weight is 377 g/mol. The van der Waals surface area contributed by atoms with Crippen molar-refractivity contribution < 1.29 is 14.3 Å². The summed E-state index contributed by atoms with van der Waals surface area (Å²) in [4.78, 5) is 12.2. The van der Waals surface area contributed by atoms with Gasteiger partial charge in [-0.1, -0.05) is 12.1 Å². The van der Waals surface area contributed by atoms with Gasteiger partial charge >= 0.3 is 0 Å². The molecule has 2 aromatic carbocycles. The normalized spacial score (nSPS) is 14.2. The van der Waals surface area contributed by atoms with Crippen LogP contribution in [0.15, 0.2) is 48.5 Å². The highest BCUT2D eigenvalue weighted by atomic mass is 35.5. The molecule has 1 fully saturated rings. The average Bonchev–Trinajstić information content (AvgIpc) is 2.64. The lowest BCUT2D eigenvalue weighted by atomic mass is 9.94. The molecule has 1 amide bonds. The van der Waals surface area contributed by atoms with E-state index in [1.165, 1.54) is 0 Å². The maximum Gasteiger partial charge on any atom is 0.224 e. The summed E-state index contributed by atoms with van der Waals surface area (Å²) >= 11 is 0. The summed E-state index contributed by atoms with van der Waals surface area (Å²) in [5, 5.41) is 6.28. The first-order chi connectivity index (χ1) is 12.2. The highest BCUT2D eigenvalue weighted by molar-refractivity contribution is 5.90. The lowest BCUT2D eigenvalue weighted by Crippen LogP contribution is -2.30. The molecule has 0 atom stereocenters. The van der Waals surface area contributed by atoms with Gasteiger partial charge < -0.3 is 20.1 Å². The Morgan fingerprint density at radius 1 is 1.08 bits per heavy atom. The number of anilines is 1. The van der Waals surface area contributed by atoms with E-state index < -0.39 is 0 Å². The summed E-state index contributed by atoms with van der Waals surface area (Å²) in [7, 11) is 1.61. The second-order valence-electron chi connectivity index (χ2n) is 6.22. The summed E-state index contributed by atoms with van der Waals surface area (Å²) in [5.41, 5.74) is 0.784. The number of para-hydroxylation sites is 2. The number of hydrogen-bond donors (Lipinski definition) is 2. The van der Waals surface area contributed by atoms with Crippen molar-refractivity contribution in [3.05, 3.63) is 48.5 Å². The van der Waals surface area contributed by atoms with Crippen LogP contribution in [0.2, 0.25) is 0 Å². The molecule has 5 nitrogen and oxygen atoms in total. The molecule has 2 aromatic rings. The molecule has 1 aliphatic rings. The van der Waals surface area contributed by atoms with Crippen LogP contribution in [0.25, 0.3) is 0 Å². The summed E-state index contributed by atoms with van der Waals surface area (Å²) in [6.45, 7) is 2.01. The van der Waals surface area contributed by atoms with E-state index in [0.29, 0.717) is 29.6 Å². The number of amides is 1. The lowest BCUT2D eigenvalue weighted by Gasteiger charge is -2.21. The molecule has 0 unspecified atom stereocenters. The zero-order valence-corrected chi connectivity index (χ0v) is 15.7. The molecule has 1 aliphatic heterocycles. The molecular formula is C20H25ClN2O3. The summed E-state index contributed by atoms with van der Waals surface area (Å²) in [6, 6.07) is 14.9. The van der Waals surface area contributed by atoms with Gasteiger partial charge in [-0.05, 0) is 68.2 Å². The Balaban J connectivity index is 0.00000243. The van der Waals surface area contributed by atoms with Crippen molar-refractivity contribution in [3.8, 4) is 17.2 Å². The predicted octanol–water partition coefficient (Wildman–Crippen LogP) is 4.24. The van der Waals surface area contributed by atoms with E-state index in [-0.39, 0.29) is 18.3 Å². The molecule has 26 heavy (non-hydrogen) atoms. The Bertz CT molecular complexity index is 700. The molecular weight excluding hydrogens is 352 g/mol. The Hall–Kier alpha value is -2.24. The number of nitrogens with one attached hydrogen (secondary N) is 2. The van der Waals surface area contributed by atoms with E-state index in [0.717, 1.165) is 31.6 Å². The fraction of sp³-hybridized carbons (Fsp3) is 0.350. The zero-order valence-electron chi connectivity index (χ0n) is 14.9. The molecule has 6 heteroatoms. The van der Waals surface area contributed by atoms with Crippen molar-refractivity contribution in [2.24, 2.45) is 5.92 Å². The number of hydrogen-bond acceptors (Lipinski definition) is 4. The van der Waals surface area contributed by atoms with Crippen LogP contribution in [-0.4, -0.2) is 26.1 Å². The van der Waals surface area contributed by atoms with Crippen molar-refractivity contribution in [1.82, 2.24) is 5.32 Å². The van der Waals surface area contributed by atoms with Crippen molar-refractivity contribution in [2.45, 2.75) is 19.3 Å². The van der Waals surface area contributed by atoms with Crippen LogP contribution in [0.4, 0.5) is 5.69 Å². The Morgan fingerprint density at radius 2 is 1.73 bits per heavy atom. The predicted molar refractivity (Wildman–Crippen MR) is 106 cm³/mol. The third kappa shape index (κ3) is 5.64. The van der Waals surface area contributed by atoms with Gasteiger partial charge in [0.25, 0.3) is 0 Å². The highest BCUT2D eigenvalue weighted by Gasteiger charge is 2.16. The van der Waals surface area contributed by atoms with Gasteiger partial charge in [-0.2, -0.15) is 0 Å². The van der Waals surface area contributed by atoms with Crippen LogP contribution >= 0.6 is 12.4 Å². The number of carbonyl (C=O) groups is 1. The molecule has 0 aliphatic carbocycles. The molecule has 140 valence electrons. The number of rotatable bonds is 6. The highest BCUT2D eigenvalue weighted by Crippen LogP contribution is 2.31. The van der Waals surface area contributed by atoms with E-state index in [1.54, 1.807) is 7.11 Å². The molecule has 0 bridgehead atoms. The number of ether oxygens (including phenoxy) is 2. The monoisotopic (exact) mass is 376 g/mol.